The molecule has 0 radical (unpaired) electrons. The van der Waals surface area contributed by atoms with Gasteiger partial charge in [-0.05, 0) is 63.3 Å². The number of rotatable bonds is 10. The zero-order valence-electron chi connectivity index (χ0n) is 21.7. The quantitative estimate of drug-likeness (QED) is 0.391. The second kappa shape index (κ2) is 13.9. The summed E-state index contributed by atoms with van der Waals surface area (Å²) in [6.45, 7) is 6.60. The number of anilines is 1. The number of carbonyl (C=O) groups is 3. The number of carbonyl (C=O) groups excluding carboxylic acids is 3. The van der Waals surface area contributed by atoms with Gasteiger partial charge in [-0.15, -0.1) is 0 Å². The smallest absolute Gasteiger partial charge is 0.408 e. The Balaban J connectivity index is 2.48. The first-order valence-corrected chi connectivity index (χ1v) is 13.5. The minimum absolute atomic E-state index is 0.286. The molecule has 2 atom stereocenters. The molecule has 37 heavy (non-hydrogen) atoms. The lowest BCUT2D eigenvalue weighted by atomic mass is 10.0. The Kier molecular flexibility index (Phi) is 11.3. The molecule has 8 nitrogen and oxygen atoms in total. The Bertz CT molecular complexity index is 1110. The lowest BCUT2D eigenvalue weighted by Crippen LogP contribution is -2.52. The van der Waals surface area contributed by atoms with Crippen LogP contribution >= 0.6 is 23.4 Å². The number of nitriles is 1. The number of para-hydroxylation sites is 1. The number of aryl methyl sites for hydroxylation is 1. The summed E-state index contributed by atoms with van der Waals surface area (Å²) in [5, 5.41) is 15.4. The van der Waals surface area contributed by atoms with Crippen molar-refractivity contribution in [3.05, 3.63) is 64.7 Å². The van der Waals surface area contributed by atoms with Gasteiger partial charge in [-0.1, -0.05) is 54.1 Å². The molecule has 2 aromatic rings. The third kappa shape index (κ3) is 8.99. The first kappa shape index (κ1) is 30.0. The molecule has 10 heteroatoms. The van der Waals surface area contributed by atoms with Crippen molar-refractivity contribution in [2.45, 2.75) is 51.8 Å². The summed E-state index contributed by atoms with van der Waals surface area (Å²) in [4.78, 5) is 41.2. The number of ether oxygens (including phenoxy) is 1. The fraction of sp³-hybridized carbons (Fsp3) is 0.407. The third-order valence-corrected chi connectivity index (χ3v) is 6.23. The van der Waals surface area contributed by atoms with E-state index in [2.05, 4.69) is 10.6 Å². The minimum atomic E-state index is -1.15. The highest BCUT2D eigenvalue weighted by molar-refractivity contribution is 7.98. The van der Waals surface area contributed by atoms with E-state index in [1.165, 1.54) is 16.7 Å². The number of nitrogens with zero attached hydrogens (tertiary/aromatic N) is 2. The van der Waals surface area contributed by atoms with Crippen LogP contribution in [0, 0.1) is 18.3 Å². The van der Waals surface area contributed by atoms with Gasteiger partial charge in [-0.2, -0.15) is 17.0 Å². The molecule has 2 unspecified atom stereocenters. The zero-order valence-corrected chi connectivity index (χ0v) is 23.3. The number of alkyl carbamates (subject to hydrolysis) is 1. The second-order valence-corrected chi connectivity index (χ2v) is 10.7. The van der Waals surface area contributed by atoms with Crippen molar-refractivity contribution in [1.82, 2.24) is 10.2 Å². The number of thioether (sulfide) groups is 1. The molecular weight excluding hydrogens is 512 g/mol. The molecule has 0 aliphatic rings. The number of hydrogen-bond acceptors (Lipinski definition) is 6. The maximum absolute atomic E-state index is 13.8. The van der Waals surface area contributed by atoms with Gasteiger partial charge in [0, 0.05) is 0 Å². The molecule has 0 aromatic heterocycles. The van der Waals surface area contributed by atoms with Crippen molar-refractivity contribution in [1.29, 1.82) is 5.26 Å². The highest BCUT2D eigenvalue weighted by atomic mass is 35.5. The molecule has 0 heterocycles. The van der Waals surface area contributed by atoms with Gasteiger partial charge in [0.1, 0.15) is 24.2 Å². The van der Waals surface area contributed by atoms with Gasteiger partial charge in [0.25, 0.3) is 5.91 Å². The number of benzene rings is 2. The molecule has 0 saturated heterocycles. The molecule has 2 rings (SSSR count). The van der Waals surface area contributed by atoms with Gasteiger partial charge in [0.2, 0.25) is 5.91 Å². The maximum atomic E-state index is 13.8. The van der Waals surface area contributed by atoms with Crippen molar-refractivity contribution in [3.8, 4) is 6.07 Å². The van der Waals surface area contributed by atoms with E-state index < -0.39 is 35.6 Å². The van der Waals surface area contributed by atoms with Gasteiger partial charge in [0.15, 0.2) is 0 Å². The van der Waals surface area contributed by atoms with E-state index in [1.807, 2.05) is 12.3 Å². The van der Waals surface area contributed by atoms with Gasteiger partial charge >= 0.3 is 6.09 Å². The molecule has 0 fully saturated rings. The molecular formula is C27H33ClN4O4S. The summed E-state index contributed by atoms with van der Waals surface area (Å²) in [5.41, 5.74) is 0.915. The van der Waals surface area contributed by atoms with Gasteiger partial charge in [0.05, 0.1) is 16.8 Å². The SMILES string of the molecule is CSCCC(NC(=O)OC(C)(C)C)C(=O)N(CC#N)C(C(=O)Nc1c(C)cccc1Cl)c1ccccc1. The van der Waals surface area contributed by atoms with Crippen LogP contribution in [0.2, 0.25) is 5.02 Å². The Morgan fingerprint density at radius 3 is 2.38 bits per heavy atom. The van der Waals surface area contributed by atoms with Crippen molar-refractivity contribution < 1.29 is 19.1 Å². The van der Waals surface area contributed by atoms with Crippen LogP contribution in [0.3, 0.4) is 0 Å². The van der Waals surface area contributed by atoms with Gasteiger partial charge < -0.3 is 20.3 Å². The summed E-state index contributed by atoms with van der Waals surface area (Å²) in [6, 6.07) is 13.8. The molecule has 2 aromatic carbocycles. The molecule has 0 bridgehead atoms. The first-order chi connectivity index (χ1) is 17.5. The molecule has 0 spiro atoms. The molecule has 2 N–H and O–H groups in total. The van der Waals surface area contributed by atoms with Crippen molar-refractivity contribution in [2.24, 2.45) is 0 Å². The molecule has 0 saturated carbocycles. The average Bonchev–Trinajstić information content (AvgIpc) is 2.83. The summed E-state index contributed by atoms with van der Waals surface area (Å²) in [6.07, 6.45) is 1.42. The Hall–Kier alpha value is -3.22. The predicted molar refractivity (Wildman–Crippen MR) is 147 cm³/mol. The third-order valence-electron chi connectivity index (χ3n) is 5.27. The van der Waals surface area contributed by atoms with Crippen LogP contribution in [0.4, 0.5) is 10.5 Å². The van der Waals surface area contributed by atoms with Crippen LogP contribution < -0.4 is 10.6 Å². The van der Waals surface area contributed by atoms with Crippen LogP contribution in [0.15, 0.2) is 48.5 Å². The van der Waals surface area contributed by atoms with Gasteiger partial charge in [-0.3, -0.25) is 9.59 Å². The zero-order chi connectivity index (χ0) is 27.6. The van der Waals surface area contributed by atoms with E-state index in [4.69, 9.17) is 16.3 Å². The van der Waals surface area contributed by atoms with E-state index in [0.717, 1.165) is 5.56 Å². The van der Waals surface area contributed by atoms with E-state index in [0.29, 0.717) is 22.0 Å². The van der Waals surface area contributed by atoms with Crippen LogP contribution in [0.5, 0.6) is 0 Å². The van der Waals surface area contributed by atoms with Crippen LogP contribution in [0.1, 0.15) is 44.4 Å². The van der Waals surface area contributed by atoms with E-state index in [9.17, 15) is 19.6 Å². The highest BCUT2D eigenvalue weighted by Gasteiger charge is 2.36. The van der Waals surface area contributed by atoms with Crippen LogP contribution in [-0.2, 0) is 14.3 Å². The topological polar surface area (TPSA) is 112 Å². The number of halogens is 1. The largest absolute Gasteiger partial charge is 0.444 e. The van der Waals surface area contributed by atoms with Crippen LogP contribution in [0.25, 0.3) is 0 Å². The summed E-state index contributed by atoms with van der Waals surface area (Å²) in [7, 11) is 0. The van der Waals surface area contributed by atoms with Crippen molar-refractivity contribution >= 4 is 47.0 Å². The number of amides is 3. The molecule has 0 aliphatic heterocycles. The second-order valence-electron chi connectivity index (χ2n) is 9.34. The normalized spacial score (nSPS) is 12.6. The van der Waals surface area contributed by atoms with Crippen molar-refractivity contribution in [2.75, 3.05) is 23.9 Å². The predicted octanol–water partition coefficient (Wildman–Crippen LogP) is 5.33. The number of hydrogen-bond donors (Lipinski definition) is 2. The molecule has 3 amide bonds. The maximum Gasteiger partial charge on any atom is 0.408 e. The van der Waals surface area contributed by atoms with Crippen molar-refractivity contribution in [3.63, 3.8) is 0 Å². The average molecular weight is 545 g/mol. The Labute approximate surface area is 227 Å². The van der Waals surface area contributed by atoms with E-state index in [1.54, 1.807) is 76.2 Å². The van der Waals surface area contributed by atoms with E-state index in [-0.39, 0.29) is 13.0 Å². The Morgan fingerprint density at radius 1 is 1.14 bits per heavy atom. The lowest BCUT2D eigenvalue weighted by molar-refractivity contribution is -0.140. The number of nitrogens with one attached hydrogen (secondary N) is 2. The lowest BCUT2D eigenvalue weighted by Gasteiger charge is -2.33. The molecule has 0 aliphatic carbocycles. The summed E-state index contributed by atoms with van der Waals surface area (Å²) in [5.74, 6) is -0.540. The standard InChI is InChI=1S/C27H33ClN4O4S/c1-18-10-9-13-20(28)22(18)31-24(33)23(19-11-7-6-8-12-19)32(16-15-29)25(34)21(14-17-37-5)30-26(35)36-27(2,3)4/h6-13,21,23H,14,16-17H2,1-5H3,(H,30,35)(H,31,33). The fourth-order valence-electron chi connectivity index (χ4n) is 3.61. The first-order valence-electron chi connectivity index (χ1n) is 11.7. The fourth-order valence-corrected chi connectivity index (χ4v) is 4.35. The van der Waals surface area contributed by atoms with Gasteiger partial charge in [-0.25, -0.2) is 4.79 Å². The highest BCUT2D eigenvalue weighted by Crippen LogP contribution is 2.29. The van der Waals surface area contributed by atoms with Crippen LogP contribution in [-0.4, -0.2) is 53.0 Å². The summed E-state index contributed by atoms with van der Waals surface area (Å²) < 4.78 is 5.35. The molecule has 198 valence electrons. The minimum Gasteiger partial charge on any atom is -0.444 e. The Morgan fingerprint density at radius 2 is 1.81 bits per heavy atom. The monoisotopic (exact) mass is 544 g/mol. The summed E-state index contributed by atoms with van der Waals surface area (Å²) >= 11 is 7.84. The van der Waals surface area contributed by atoms with E-state index >= 15 is 0 Å².